The molecule has 23 heavy (non-hydrogen) atoms. The molecule has 1 aliphatic heterocycles. The fourth-order valence-electron chi connectivity index (χ4n) is 2.83. The molecule has 0 N–H and O–H groups in total. The molecule has 1 aliphatic rings. The average Bonchev–Trinajstić information content (AvgIpc) is 2.93. The highest BCUT2D eigenvalue weighted by molar-refractivity contribution is 5.76. The number of rotatable bonds is 3. The number of carbonyl (C=O) groups is 1. The number of ether oxygens (including phenoxy) is 1. The first kappa shape index (κ1) is 15.7. The molecule has 5 heteroatoms. The monoisotopic (exact) mass is 313 g/mol. The van der Waals surface area contributed by atoms with Gasteiger partial charge < -0.3 is 4.74 Å². The van der Waals surface area contributed by atoms with Gasteiger partial charge >= 0.3 is 5.97 Å². The lowest BCUT2D eigenvalue weighted by atomic mass is 10.1. The van der Waals surface area contributed by atoms with E-state index in [1.807, 2.05) is 49.7 Å². The van der Waals surface area contributed by atoms with Crippen molar-refractivity contribution in [1.82, 2.24) is 14.7 Å². The number of benzene rings is 1. The predicted molar refractivity (Wildman–Crippen MR) is 87.5 cm³/mol. The van der Waals surface area contributed by atoms with Crippen molar-refractivity contribution in [1.29, 1.82) is 0 Å². The van der Waals surface area contributed by atoms with Gasteiger partial charge in [-0.25, -0.2) is 0 Å². The largest absolute Gasteiger partial charge is 0.459 e. The molecule has 0 spiro atoms. The third-order valence-corrected chi connectivity index (χ3v) is 3.86. The predicted octanol–water partition coefficient (Wildman–Crippen LogP) is 2.61. The van der Waals surface area contributed by atoms with Gasteiger partial charge in [0.1, 0.15) is 11.6 Å². The first-order chi connectivity index (χ1) is 10.9. The molecule has 0 bridgehead atoms. The second kappa shape index (κ2) is 6.16. The fourth-order valence-corrected chi connectivity index (χ4v) is 2.83. The van der Waals surface area contributed by atoms with Crippen molar-refractivity contribution in [2.45, 2.75) is 52.0 Å². The quantitative estimate of drug-likeness (QED) is 0.817. The zero-order valence-corrected chi connectivity index (χ0v) is 13.9. The van der Waals surface area contributed by atoms with E-state index in [1.54, 1.807) is 6.20 Å². The summed E-state index contributed by atoms with van der Waals surface area (Å²) in [5, 5.41) is 4.31. The van der Waals surface area contributed by atoms with E-state index in [9.17, 15) is 4.79 Å². The smallest absolute Gasteiger partial charge is 0.325 e. The van der Waals surface area contributed by atoms with E-state index in [2.05, 4.69) is 22.1 Å². The molecule has 1 atom stereocenters. The summed E-state index contributed by atoms with van der Waals surface area (Å²) in [5.41, 5.74) is 1.83. The SMILES string of the molecule is CC(C)(C)OC(=O)C1Cn2nccc2CN1Cc1ccccc1. The van der Waals surface area contributed by atoms with E-state index in [-0.39, 0.29) is 12.0 Å². The summed E-state index contributed by atoms with van der Waals surface area (Å²) in [6.45, 7) is 7.64. The molecule has 3 rings (SSSR count). The minimum absolute atomic E-state index is 0.186. The molecular weight excluding hydrogens is 290 g/mol. The second-order valence-corrected chi connectivity index (χ2v) is 6.94. The maximum Gasteiger partial charge on any atom is 0.325 e. The van der Waals surface area contributed by atoms with Gasteiger partial charge in [-0.05, 0) is 32.4 Å². The van der Waals surface area contributed by atoms with Gasteiger partial charge in [-0.3, -0.25) is 14.4 Å². The molecule has 0 radical (unpaired) electrons. The Hall–Kier alpha value is -2.14. The highest BCUT2D eigenvalue weighted by Crippen LogP contribution is 2.22. The summed E-state index contributed by atoms with van der Waals surface area (Å²) in [5.74, 6) is -0.186. The zero-order valence-electron chi connectivity index (χ0n) is 13.9. The number of hydrogen-bond donors (Lipinski definition) is 0. The van der Waals surface area contributed by atoms with Gasteiger partial charge in [0.25, 0.3) is 0 Å². The van der Waals surface area contributed by atoms with Crippen LogP contribution in [0.1, 0.15) is 32.0 Å². The van der Waals surface area contributed by atoms with Crippen LogP contribution in [0.15, 0.2) is 42.6 Å². The lowest BCUT2D eigenvalue weighted by molar-refractivity contribution is -0.163. The summed E-state index contributed by atoms with van der Waals surface area (Å²) in [6.07, 6.45) is 1.79. The van der Waals surface area contributed by atoms with Crippen molar-refractivity contribution in [3.05, 3.63) is 53.9 Å². The van der Waals surface area contributed by atoms with Crippen molar-refractivity contribution in [2.75, 3.05) is 0 Å². The summed E-state index contributed by atoms with van der Waals surface area (Å²) in [4.78, 5) is 14.8. The molecule has 0 amide bonds. The molecule has 2 aromatic rings. The normalized spacial score (nSPS) is 18.5. The van der Waals surface area contributed by atoms with Crippen LogP contribution >= 0.6 is 0 Å². The van der Waals surface area contributed by atoms with Crippen molar-refractivity contribution in [2.24, 2.45) is 0 Å². The van der Waals surface area contributed by atoms with Crippen molar-refractivity contribution < 1.29 is 9.53 Å². The van der Waals surface area contributed by atoms with E-state index in [0.29, 0.717) is 13.1 Å². The van der Waals surface area contributed by atoms with E-state index in [0.717, 1.165) is 12.2 Å². The maximum absolute atomic E-state index is 12.6. The third kappa shape index (κ3) is 3.79. The van der Waals surface area contributed by atoms with Gasteiger partial charge in [-0.1, -0.05) is 30.3 Å². The van der Waals surface area contributed by atoms with Gasteiger partial charge in [0.05, 0.1) is 12.2 Å². The van der Waals surface area contributed by atoms with E-state index in [1.165, 1.54) is 5.56 Å². The molecule has 1 aromatic carbocycles. The van der Waals surface area contributed by atoms with Gasteiger partial charge in [0, 0.05) is 19.3 Å². The Balaban J connectivity index is 1.82. The van der Waals surface area contributed by atoms with Gasteiger partial charge in [0.15, 0.2) is 0 Å². The van der Waals surface area contributed by atoms with E-state index >= 15 is 0 Å². The Morgan fingerprint density at radius 2 is 2.00 bits per heavy atom. The van der Waals surface area contributed by atoms with Crippen LogP contribution in [0.3, 0.4) is 0 Å². The lowest BCUT2D eigenvalue weighted by Crippen LogP contribution is -2.49. The molecule has 1 unspecified atom stereocenters. The zero-order chi connectivity index (χ0) is 16.4. The minimum atomic E-state index is -0.486. The molecule has 5 nitrogen and oxygen atoms in total. The van der Waals surface area contributed by atoms with Crippen LogP contribution in [-0.2, 0) is 29.2 Å². The molecule has 0 aliphatic carbocycles. The summed E-state index contributed by atoms with van der Waals surface area (Å²) < 4.78 is 7.51. The Labute approximate surface area is 136 Å². The highest BCUT2D eigenvalue weighted by atomic mass is 16.6. The number of esters is 1. The van der Waals surface area contributed by atoms with Crippen LogP contribution in [0.25, 0.3) is 0 Å². The maximum atomic E-state index is 12.6. The Morgan fingerprint density at radius 1 is 1.26 bits per heavy atom. The number of aromatic nitrogens is 2. The van der Waals surface area contributed by atoms with E-state index < -0.39 is 5.60 Å². The van der Waals surface area contributed by atoms with Gasteiger partial charge in [0.2, 0.25) is 0 Å². The molecule has 0 saturated heterocycles. The van der Waals surface area contributed by atoms with Crippen molar-refractivity contribution >= 4 is 5.97 Å². The second-order valence-electron chi connectivity index (χ2n) is 6.94. The lowest BCUT2D eigenvalue weighted by Gasteiger charge is -2.36. The number of fused-ring (bicyclic) bond motifs is 1. The van der Waals surface area contributed by atoms with E-state index in [4.69, 9.17) is 4.74 Å². The summed E-state index contributed by atoms with van der Waals surface area (Å²) in [7, 11) is 0. The third-order valence-electron chi connectivity index (χ3n) is 3.86. The van der Waals surface area contributed by atoms with Gasteiger partial charge in [-0.15, -0.1) is 0 Å². The van der Waals surface area contributed by atoms with Crippen molar-refractivity contribution in [3.8, 4) is 0 Å². The van der Waals surface area contributed by atoms with Crippen LogP contribution in [0.2, 0.25) is 0 Å². The molecule has 1 aromatic heterocycles. The topological polar surface area (TPSA) is 47.4 Å². The molecule has 0 fully saturated rings. The Kier molecular flexibility index (Phi) is 4.22. The Bertz CT molecular complexity index is 673. The number of nitrogens with zero attached hydrogens (tertiary/aromatic N) is 3. The molecule has 122 valence electrons. The first-order valence-electron chi connectivity index (χ1n) is 7.94. The van der Waals surface area contributed by atoms with Gasteiger partial charge in [-0.2, -0.15) is 5.10 Å². The number of carbonyl (C=O) groups excluding carboxylic acids is 1. The van der Waals surface area contributed by atoms with Crippen LogP contribution in [0.5, 0.6) is 0 Å². The average molecular weight is 313 g/mol. The molecular formula is C18H23N3O2. The highest BCUT2D eigenvalue weighted by Gasteiger charge is 2.35. The van der Waals surface area contributed by atoms with Crippen LogP contribution in [0, 0.1) is 0 Å². The fraction of sp³-hybridized carbons (Fsp3) is 0.444. The number of hydrogen-bond acceptors (Lipinski definition) is 4. The molecule has 2 heterocycles. The standard InChI is InChI=1S/C18H23N3O2/c1-18(2,3)23-17(22)16-13-21-15(9-10-19-21)12-20(16)11-14-7-5-4-6-8-14/h4-10,16H,11-13H2,1-3H3. The van der Waals surface area contributed by atoms with Crippen molar-refractivity contribution in [3.63, 3.8) is 0 Å². The van der Waals surface area contributed by atoms with Crippen LogP contribution in [-0.4, -0.2) is 32.3 Å². The minimum Gasteiger partial charge on any atom is -0.459 e. The first-order valence-corrected chi connectivity index (χ1v) is 7.94. The molecule has 0 saturated carbocycles. The van der Waals surface area contributed by atoms with Crippen LogP contribution < -0.4 is 0 Å². The summed E-state index contributed by atoms with van der Waals surface area (Å²) >= 11 is 0. The summed E-state index contributed by atoms with van der Waals surface area (Å²) in [6, 6.07) is 11.9. The Morgan fingerprint density at radius 3 is 2.70 bits per heavy atom. The van der Waals surface area contributed by atoms with Crippen LogP contribution in [0.4, 0.5) is 0 Å².